The number of nitro benzene ring substituents is 3. The van der Waals surface area contributed by atoms with Gasteiger partial charge in [-0.3, -0.25) is 35.1 Å². The summed E-state index contributed by atoms with van der Waals surface area (Å²) >= 11 is 0. The van der Waals surface area contributed by atoms with Crippen LogP contribution in [0.4, 0.5) is 22.7 Å². The lowest BCUT2D eigenvalue weighted by atomic mass is 10.1. The number of amides is 1. The molecule has 1 amide bonds. The smallest absolute Gasteiger partial charge is 0.279 e. The number of hydrogen-bond donors (Lipinski definition) is 1. The monoisotopic (exact) mass is 360 g/mol. The van der Waals surface area contributed by atoms with Crippen LogP contribution in [0.2, 0.25) is 0 Å². The topological polar surface area (TPSA) is 159 Å². The molecule has 0 fully saturated rings. The van der Waals surface area contributed by atoms with E-state index in [1.165, 1.54) is 18.2 Å². The Labute approximate surface area is 145 Å². The molecule has 0 aromatic heterocycles. The highest BCUT2D eigenvalue weighted by molar-refractivity contribution is 5.93. The molecule has 0 aliphatic carbocycles. The molecule has 1 N–H and O–H groups in total. The first-order valence-corrected chi connectivity index (χ1v) is 7.15. The predicted molar refractivity (Wildman–Crippen MR) is 89.9 cm³/mol. The highest BCUT2D eigenvalue weighted by Gasteiger charge is 2.21. The number of carbonyl (C=O) groups is 1. The van der Waals surface area contributed by atoms with Crippen LogP contribution in [0.5, 0.6) is 0 Å². The van der Waals surface area contributed by atoms with Gasteiger partial charge in [0.05, 0.1) is 27.3 Å². The van der Waals surface area contributed by atoms with E-state index in [2.05, 4.69) is 5.32 Å². The lowest BCUT2D eigenvalue weighted by molar-refractivity contribution is -0.394. The number of anilines is 1. The molecule has 0 saturated heterocycles. The molecule has 2 aromatic rings. The van der Waals surface area contributed by atoms with E-state index >= 15 is 0 Å². The lowest BCUT2D eigenvalue weighted by Crippen LogP contribution is -2.16. The number of rotatable bonds is 6. The third kappa shape index (κ3) is 4.14. The first-order chi connectivity index (χ1) is 12.2. The minimum Gasteiger partial charge on any atom is -0.326 e. The quantitative estimate of drug-likeness (QED) is 0.612. The second-order valence-electron chi connectivity index (χ2n) is 5.31. The van der Waals surface area contributed by atoms with Crippen molar-refractivity contribution in [3.05, 3.63) is 77.9 Å². The Morgan fingerprint density at radius 1 is 0.923 bits per heavy atom. The summed E-state index contributed by atoms with van der Waals surface area (Å²) in [5.74, 6) is -0.598. The molecule has 0 heterocycles. The van der Waals surface area contributed by atoms with E-state index in [9.17, 15) is 35.1 Å². The molecule has 0 aliphatic rings. The molecule has 0 aliphatic heterocycles. The molecule has 11 heteroatoms. The fourth-order valence-electron chi connectivity index (χ4n) is 2.25. The van der Waals surface area contributed by atoms with Crippen molar-refractivity contribution in [3.8, 4) is 0 Å². The Bertz CT molecular complexity index is 926. The zero-order chi connectivity index (χ0) is 19.4. The molecular weight excluding hydrogens is 348 g/mol. The molecule has 2 aromatic carbocycles. The Morgan fingerprint density at radius 3 is 2.04 bits per heavy atom. The number of aryl methyl sites for hydroxylation is 1. The number of hydrogen-bond acceptors (Lipinski definition) is 7. The number of benzene rings is 2. The zero-order valence-corrected chi connectivity index (χ0v) is 13.4. The highest BCUT2D eigenvalue weighted by Crippen LogP contribution is 2.26. The standard InChI is InChI=1S/C15H12N4O7/c1-9-6-11(17(21)22)4-5-13(9)16-15(20)7-10-2-3-12(18(23)24)8-14(10)19(25)26/h2-6,8H,7H2,1H3,(H,16,20). The van der Waals surface area contributed by atoms with Crippen LogP contribution in [0.3, 0.4) is 0 Å². The van der Waals surface area contributed by atoms with E-state index in [1.807, 2.05) is 0 Å². The van der Waals surface area contributed by atoms with E-state index in [4.69, 9.17) is 0 Å². The van der Waals surface area contributed by atoms with Crippen LogP contribution in [0, 0.1) is 37.3 Å². The van der Waals surface area contributed by atoms with Crippen LogP contribution >= 0.6 is 0 Å². The average molecular weight is 360 g/mol. The third-order valence-electron chi connectivity index (χ3n) is 3.52. The van der Waals surface area contributed by atoms with Crippen molar-refractivity contribution in [1.29, 1.82) is 0 Å². The van der Waals surface area contributed by atoms with E-state index in [1.54, 1.807) is 6.92 Å². The Kier molecular flexibility index (Phi) is 5.21. The number of carbonyl (C=O) groups excluding carboxylic acids is 1. The van der Waals surface area contributed by atoms with Gasteiger partial charge in [0.2, 0.25) is 5.91 Å². The molecular formula is C15H12N4O7. The maximum absolute atomic E-state index is 12.1. The second-order valence-corrected chi connectivity index (χ2v) is 5.31. The molecule has 0 bridgehead atoms. The molecule has 26 heavy (non-hydrogen) atoms. The van der Waals surface area contributed by atoms with Crippen molar-refractivity contribution >= 4 is 28.7 Å². The summed E-state index contributed by atoms with van der Waals surface area (Å²) in [6.07, 6.45) is -0.384. The second kappa shape index (κ2) is 7.34. The van der Waals surface area contributed by atoms with Crippen LogP contribution in [-0.4, -0.2) is 20.7 Å². The summed E-state index contributed by atoms with van der Waals surface area (Å²) < 4.78 is 0. The van der Waals surface area contributed by atoms with Crippen molar-refractivity contribution < 1.29 is 19.6 Å². The predicted octanol–water partition coefficient (Wildman–Crippen LogP) is 2.90. The van der Waals surface area contributed by atoms with Gasteiger partial charge in [-0.2, -0.15) is 0 Å². The summed E-state index contributed by atoms with van der Waals surface area (Å²) in [7, 11) is 0. The van der Waals surface area contributed by atoms with Gasteiger partial charge in [0.1, 0.15) is 0 Å². The SMILES string of the molecule is Cc1cc([N+](=O)[O-])ccc1NC(=O)Cc1ccc([N+](=O)[O-])cc1[N+](=O)[O-]. The highest BCUT2D eigenvalue weighted by atomic mass is 16.6. The first-order valence-electron chi connectivity index (χ1n) is 7.15. The van der Waals surface area contributed by atoms with E-state index < -0.39 is 32.1 Å². The van der Waals surface area contributed by atoms with Crippen molar-refractivity contribution in [1.82, 2.24) is 0 Å². The molecule has 134 valence electrons. The largest absolute Gasteiger partial charge is 0.326 e. The van der Waals surface area contributed by atoms with Gasteiger partial charge in [-0.15, -0.1) is 0 Å². The van der Waals surface area contributed by atoms with Crippen molar-refractivity contribution in [2.24, 2.45) is 0 Å². The molecule has 11 nitrogen and oxygen atoms in total. The Hall–Kier alpha value is -3.89. The van der Waals surface area contributed by atoms with Crippen molar-refractivity contribution in [2.45, 2.75) is 13.3 Å². The van der Waals surface area contributed by atoms with Gasteiger partial charge in [-0.25, -0.2) is 0 Å². The third-order valence-corrected chi connectivity index (χ3v) is 3.52. The molecule has 2 rings (SSSR count). The number of nitrogens with zero attached hydrogens (tertiary/aromatic N) is 3. The van der Waals surface area contributed by atoms with E-state index in [-0.39, 0.29) is 17.7 Å². The minimum atomic E-state index is -0.799. The van der Waals surface area contributed by atoms with Gasteiger partial charge in [-0.05, 0) is 24.6 Å². The number of nitrogens with one attached hydrogen (secondary N) is 1. The summed E-state index contributed by atoms with van der Waals surface area (Å²) in [4.78, 5) is 42.5. The van der Waals surface area contributed by atoms with Gasteiger partial charge in [-0.1, -0.05) is 0 Å². The zero-order valence-electron chi connectivity index (χ0n) is 13.4. The minimum absolute atomic E-state index is 0.0117. The van der Waals surface area contributed by atoms with E-state index in [0.717, 1.165) is 18.2 Å². The number of nitro groups is 3. The van der Waals surface area contributed by atoms with Crippen LogP contribution < -0.4 is 5.32 Å². The van der Waals surface area contributed by atoms with Crippen LogP contribution in [-0.2, 0) is 11.2 Å². The van der Waals surface area contributed by atoms with Crippen LogP contribution in [0.25, 0.3) is 0 Å². The van der Waals surface area contributed by atoms with Crippen molar-refractivity contribution in [2.75, 3.05) is 5.32 Å². The first kappa shape index (κ1) is 18.4. The van der Waals surface area contributed by atoms with Gasteiger partial charge in [0.25, 0.3) is 17.1 Å². The lowest BCUT2D eigenvalue weighted by Gasteiger charge is -2.08. The van der Waals surface area contributed by atoms with Crippen LogP contribution in [0.15, 0.2) is 36.4 Å². The molecule has 0 radical (unpaired) electrons. The number of non-ortho nitro benzene ring substituents is 2. The summed E-state index contributed by atoms with van der Waals surface area (Å²) in [5.41, 5.74) is -0.332. The average Bonchev–Trinajstić information content (AvgIpc) is 2.56. The van der Waals surface area contributed by atoms with Crippen molar-refractivity contribution in [3.63, 3.8) is 0 Å². The van der Waals surface area contributed by atoms with Gasteiger partial charge in [0, 0.05) is 29.4 Å². The summed E-state index contributed by atoms with van der Waals surface area (Å²) in [6.45, 7) is 1.57. The molecule has 0 spiro atoms. The van der Waals surface area contributed by atoms with Gasteiger partial charge < -0.3 is 5.32 Å². The fourth-order valence-corrected chi connectivity index (χ4v) is 2.25. The maximum Gasteiger partial charge on any atom is 0.279 e. The fraction of sp³-hybridized carbons (Fsp3) is 0.133. The Balaban J connectivity index is 2.21. The maximum atomic E-state index is 12.1. The molecule has 0 unspecified atom stereocenters. The van der Waals surface area contributed by atoms with Crippen LogP contribution in [0.1, 0.15) is 11.1 Å². The Morgan fingerprint density at radius 2 is 1.50 bits per heavy atom. The van der Waals surface area contributed by atoms with Gasteiger partial charge >= 0.3 is 0 Å². The summed E-state index contributed by atoms with van der Waals surface area (Å²) in [5, 5.41) is 35.0. The van der Waals surface area contributed by atoms with Gasteiger partial charge in [0.15, 0.2) is 0 Å². The van der Waals surface area contributed by atoms with E-state index in [0.29, 0.717) is 11.3 Å². The molecule has 0 atom stereocenters. The molecule has 0 saturated carbocycles. The summed E-state index contributed by atoms with van der Waals surface area (Å²) in [6, 6.07) is 6.88. The normalized spacial score (nSPS) is 10.2.